The molecule has 84 valence electrons. The van der Waals surface area contributed by atoms with Crippen LogP contribution >= 0.6 is 0 Å². The molecule has 1 aromatic carbocycles. The summed E-state index contributed by atoms with van der Waals surface area (Å²) in [6, 6.07) is 6.52. The third kappa shape index (κ3) is 1.78. The largest absolute Gasteiger partial charge is 0.383 e. The van der Waals surface area contributed by atoms with Crippen molar-refractivity contribution >= 4 is 5.82 Å². The number of imidazole rings is 1. The van der Waals surface area contributed by atoms with Crippen LogP contribution in [0.3, 0.4) is 0 Å². The van der Waals surface area contributed by atoms with E-state index >= 15 is 0 Å². The van der Waals surface area contributed by atoms with Crippen LogP contribution in [0, 0.1) is 5.82 Å². The lowest BCUT2D eigenvalue weighted by Gasteiger charge is -2.04. The molecule has 0 aliphatic rings. The smallest absolute Gasteiger partial charge is 0.132 e. The number of hydrogen-bond acceptors (Lipinski definition) is 2. The Morgan fingerprint density at radius 2 is 2.12 bits per heavy atom. The fourth-order valence-electron chi connectivity index (χ4n) is 1.67. The molecule has 0 aliphatic heterocycles. The molecule has 1 heterocycles. The molecule has 4 heteroatoms. The van der Waals surface area contributed by atoms with Crippen LogP contribution in [0.5, 0.6) is 0 Å². The molecule has 0 saturated heterocycles. The first-order chi connectivity index (χ1) is 7.74. The normalized spacial score (nSPS) is 10.6. The van der Waals surface area contributed by atoms with Crippen LogP contribution in [0.1, 0.15) is 13.3 Å². The van der Waals surface area contributed by atoms with Crippen LogP contribution in [-0.4, -0.2) is 9.55 Å². The summed E-state index contributed by atoms with van der Waals surface area (Å²) in [4.78, 5) is 4.16. The minimum absolute atomic E-state index is 0.295. The number of hydrogen-bond donors (Lipinski definition) is 1. The Labute approximate surface area is 93.7 Å². The second kappa shape index (κ2) is 4.35. The van der Waals surface area contributed by atoms with Crippen molar-refractivity contribution in [2.75, 3.05) is 5.73 Å². The van der Waals surface area contributed by atoms with E-state index in [-0.39, 0.29) is 5.82 Å². The maximum Gasteiger partial charge on any atom is 0.132 e. The topological polar surface area (TPSA) is 43.8 Å². The molecule has 0 fully saturated rings. The van der Waals surface area contributed by atoms with Crippen molar-refractivity contribution in [3.05, 3.63) is 36.4 Å². The van der Waals surface area contributed by atoms with Gasteiger partial charge in [-0.2, -0.15) is 0 Å². The Kier molecular flexibility index (Phi) is 2.90. The monoisotopic (exact) mass is 219 g/mol. The molecule has 0 atom stereocenters. The average Bonchev–Trinajstić information content (AvgIpc) is 2.62. The van der Waals surface area contributed by atoms with Crippen molar-refractivity contribution < 1.29 is 4.39 Å². The molecule has 0 amide bonds. The van der Waals surface area contributed by atoms with E-state index in [0.29, 0.717) is 17.1 Å². The van der Waals surface area contributed by atoms with E-state index in [1.54, 1.807) is 24.5 Å². The van der Waals surface area contributed by atoms with Gasteiger partial charge in [-0.3, -0.25) is 0 Å². The number of anilines is 1. The van der Waals surface area contributed by atoms with E-state index in [2.05, 4.69) is 11.9 Å². The molecule has 0 radical (unpaired) electrons. The van der Waals surface area contributed by atoms with Gasteiger partial charge in [-0.15, -0.1) is 0 Å². The first kappa shape index (κ1) is 10.7. The minimum atomic E-state index is -0.295. The number of benzene rings is 1. The Hall–Kier alpha value is -1.84. The Morgan fingerprint density at radius 1 is 1.38 bits per heavy atom. The molecular weight excluding hydrogens is 205 g/mol. The van der Waals surface area contributed by atoms with Gasteiger partial charge in [0.05, 0.1) is 6.33 Å². The molecule has 0 bridgehead atoms. The molecule has 2 N–H and O–H groups in total. The summed E-state index contributed by atoms with van der Waals surface area (Å²) in [5.74, 6) is 0.225. The fourth-order valence-corrected chi connectivity index (χ4v) is 1.67. The third-order valence-electron chi connectivity index (χ3n) is 2.47. The van der Waals surface area contributed by atoms with Crippen molar-refractivity contribution in [1.29, 1.82) is 0 Å². The molecule has 0 aliphatic carbocycles. The van der Waals surface area contributed by atoms with Crippen LogP contribution < -0.4 is 5.73 Å². The Bertz CT molecular complexity index is 491. The van der Waals surface area contributed by atoms with Gasteiger partial charge >= 0.3 is 0 Å². The summed E-state index contributed by atoms with van der Waals surface area (Å²) in [6.45, 7) is 2.86. The number of aromatic nitrogens is 2. The fraction of sp³-hybridized carbons (Fsp3) is 0.250. The molecule has 3 nitrogen and oxygen atoms in total. The molecule has 2 aromatic rings. The van der Waals surface area contributed by atoms with E-state index in [4.69, 9.17) is 5.73 Å². The molecule has 0 spiro atoms. The van der Waals surface area contributed by atoms with Gasteiger partial charge < -0.3 is 10.3 Å². The average molecular weight is 219 g/mol. The van der Waals surface area contributed by atoms with Gasteiger partial charge in [-0.25, -0.2) is 9.37 Å². The Morgan fingerprint density at radius 3 is 2.81 bits per heavy atom. The maximum atomic E-state index is 13.5. The van der Waals surface area contributed by atoms with Crippen LogP contribution in [0.4, 0.5) is 10.2 Å². The van der Waals surface area contributed by atoms with Crippen molar-refractivity contribution in [2.45, 2.75) is 19.9 Å². The van der Waals surface area contributed by atoms with Crippen molar-refractivity contribution in [3.63, 3.8) is 0 Å². The number of halogens is 1. The van der Waals surface area contributed by atoms with Crippen molar-refractivity contribution in [2.24, 2.45) is 0 Å². The molecule has 16 heavy (non-hydrogen) atoms. The molecule has 0 unspecified atom stereocenters. The summed E-state index contributed by atoms with van der Waals surface area (Å²) in [5, 5.41) is 0. The summed E-state index contributed by atoms with van der Waals surface area (Å²) >= 11 is 0. The summed E-state index contributed by atoms with van der Waals surface area (Å²) in [7, 11) is 0. The zero-order chi connectivity index (χ0) is 11.5. The zero-order valence-electron chi connectivity index (χ0n) is 9.15. The first-order valence-electron chi connectivity index (χ1n) is 5.29. The number of rotatable bonds is 3. The maximum absolute atomic E-state index is 13.5. The molecule has 1 aromatic heterocycles. The summed E-state index contributed by atoms with van der Waals surface area (Å²) < 4.78 is 15.4. The Balaban J connectivity index is 2.45. The van der Waals surface area contributed by atoms with Crippen LogP contribution in [-0.2, 0) is 6.54 Å². The van der Waals surface area contributed by atoms with E-state index < -0.39 is 0 Å². The number of nitrogens with two attached hydrogens (primary N) is 1. The SMILES string of the molecule is CCCn1cnc(-c2ccccc2F)c1N. The van der Waals surface area contributed by atoms with E-state index in [9.17, 15) is 4.39 Å². The van der Waals surface area contributed by atoms with Gasteiger partial charge in [-0.1, -0.05) is 19.1 Å². The highest BCUT2D eigenvalue weighted by Crippen LogP contribution is 2.26. The zero-order valence-corrected chi connectivity index (χ0v) is 9.15. The van der Waals surface area contributed by atoms with Gasteiger partial charge in [0.1, 0.15) is 17.3 Å². The highest BCUT2D eigenvalue weighted by atomic mass is 19.1. The predicted octanol–water partition coefficient (Wildman–Crippen LogP) is 2.68. The van der Waals surface area contributed by atoms with Crippen molar-refractivity contribution in [1.82, 2.24) is 9.55 Å². The summed E-state index contributed by atoms with van der Waals surface area (Å²) in [6.07, 6.45) is 2.62. The number of aryl methyl sites for hydroxylation is 1. The van der Waals surface area contributed by atoms with Crippen LogP contribution in [0.15, 0.2) is 30.6 Å². The van der Waals surface area contributed by atoms with Gasteiger partial charge in [0.15, 0.2) is 0 Å². The number of nitrogens with zero attached hydrogens (tertiary/aromatic N) is 2. The van der Waals surface area contributed by atoms with E-state index in [1.807, 2.05) is 4.57 Å². The van der Waals surface area contributed by atoms with Gasteiger partial charge in [0.25, 0.3) is 0 Å². The third-order valence-corrected chi connectivity index (χ3v) is 2.47. The second-order valence-corrected chi connectivity index (χ2v) is 3.65. The molecule has 0 saturated carbocycles. The minimum Gasteiger partial charge on any atom is -0.383 e. The lowest BCUT2D eigenvalue weighted by Crippen LogP contribution is -2.01. The standard InChI is InChI=1S/C12H14FN3/c1-2-7-16-8-15-11(12(16)14)9-5-3-4-6-10(9)13/h3-6,8H,2,7,14H2,1H3. The quantitative estimate of drug-likeness (QED) is 0.862. The second-order valence-electron chi connectivity index (χ2n) is 3.65. The van der Waals surface area contributed by atoms with Gasteiger partial charge in [0, 0.05) is 12.1 Å². The lowest BCUT2D eigenvalue weighted by molar-refractivity contribution is 0.631. The summed E-state index contributed by atoms with van der Waals surface area (Å²) in [5.41, 5.74) is 6.90. The molecule has 2 rings (SSSR count). The molecular formula is C12H14FN3. The highest BCUT2D eigenvalue weighted by Gasteiger charge is 2.12. The lowest BCUT2D eigenvalue weighted by atomic mass is 10.1. The van der Waals surface area contributed by atoms with Crippen LogP contribution in [0.25, 0.3) is 11.3 Å². The van der Waals surface area contributed by atoms with Gasteiger partial charge in [-0.05, 0) is 18.6 Å². The predicted molar refractivity (Wildman–Crippen MR) is 62.3 cm³/mol. The van der Waals surface area contributed by atoms with E-state index in [0.717, 1.165) is 13.0 Å². The highest BCUT2D eigenvalue weighted by molar-refractivity contribution is 5.70. The van der Waals surface area contributed by atoms with Crippen LogP contribution in [0.2, 0.25) is 0 Å². The van der Waals surface area contributed by atoms with Gasteiger partial charge in [0.2, 0.25) is 0 Å². The van der Waals surface area contributed by atoms with Crippen molar-refractivity contribution in [3.8, 4) is 11.3 Å². The number of nitrogen functional groups attached to an aromatic ring is 1. The first-order valence-corrected chi connectivity index (χ1v) is 5.29. The van der Waals surface area contributed by atoms with E-state index in [1.165, 1.54) is 6.07 Å².